The first-order valence-electron chi connectivity index (χ1n) is 5.76. The van der Waals surface area contributed by atoms with Gasteiger partial charge in [0, 0.05) is 6.04 Å². The Bertz CT molecular complexity index is 143. The van der Waals surface area contributed by atoms with E-state index in [2.05, 4.69) is 5.32 Å². The van der Waals surface area contributed by atoms with Crippen molar-refractivity contribution < 1.29 is 10.2 Å². The van der Waals surface area contributed by atoms with Crippen molar-refractivity contribution in [3.63, 3.8) is 0 Å². The minimum Gasteiger partial charge on any atom is -0.394 e. The molecule has 3 nitrogen and oxygen atoms in total. The van der Waals surface area contributed by atoms with Crippen LogP contribution in [-0.4, -0.2) is 35.0 Å². The highest BCUT2D eigenvalue weighted by Gasteiger charge is 2.29. The zero-order valence-corrected chi connectivity index (χ0v) is 9.13. The zero-order chi connectivity index (χ0) is 10.4. The molecule has 0 aromatic heterocycles. The van der Waals surface area contributed by atoms with Gasteiger partial charge in [-0.05, 0) is 19.3 Å². The Labute approximate surface area is 86.5 Å². The average molecular weight is 201 g/mol. The fraction of sp³-hybridized carbons (Fsp3) is 1.00. The Balaban J connectivity index is 2.44. The quantitative estimate of drug-likeness (QED) is 0.623. The second kappa shape index (κ2) is 5.69. The van der Waals surface area contributed by atoms with Crippen LogP contribution in [0.5, 0.6) is 0 Å². The molecule has 0 bridgehead atoms. The van der Waals surface area contributed by atoms with Crippen LogP contribution in [0.4, 0.5) is 0 Å². The van der Waals surface area contributed by atoms with E-state index in [1.165, 1.54) is 32.1 Å². The van der Waals surface area contributed by atoms with E-state index in [1.54, 1.807) is 0 Å². The van der Waals surface area contributed by atoms with Crippen LogP contribution >= 0.6 is 0 Å². The van der Waals surface area contributed by atoms with Gasteiger partial charge in [-0.1, -0.05) is 26.2 Å². The first-order valence-corrected chi connectivity index (χ1v) is 5.76. The summed E-state index contributed by atoms with van der Waals surface area (Å²) in [7, 11) is 0. The van der Waals surface area contributed by atoms with Gasteiger partial charge >= 0.3 is 0 Å². The predicted molar refractivity (Wildman–Crippen MR) is 57.2 cm³/mol. The third-order valence-electron chi connectivity index (χ3n) is 3.40. The van der Waals surface area contributed by atoms with Crippen molar-refractivity contribution in [2.75, 3.05) is 13.2 Å². The first-order chi connectivity index (χ1) is 6.76. The molecule has 0 amide bonds. The maximum absolute atomic E-state index is 9.28. The summed E-state index contributed by atoms with van der Waals surface area (Å²) in [6.45, 7) is 2.05. The van der Waals surface area contributed by atoms with Gasteiger partial charge in [0.15, 0.2) is 0 Å². The summed E-state index contributed by atoms with van der Waals surface area (Å²) in [5.41, 5.74) is -0.456. The second-order valence-corrected chi connectivity index (χ2v) is 4.43. The van der Waals surface area contributed by atoms with Gasteiger partial charge in [-0.3, -0.25) is 0 Å². The van der Waals surface area contributed by atoms with Gasteiger partial charge in [0.05, 0.1) is 18.8 Å². The van der Waals surface area contributed by atoms with Crippen molar-refractivity contribution >= 4 is 0 Å². The van der Waals surface area contributed by atoms with Gasteiger partial charge in [0.1, 0.15) is 0 Å². The first kappa shape index (κ1) is 12.0. The Hall–Kier alpha value is -0.120. The number of aliphatic hydroxyl groups excluding tert-OH is 2. The lowest BCUT2D eigenvalue weighted by atomic mass is 9.90. The Morgan fingerprint density at radius 2 is 1.71 bits per heavy atom. The van der Waals surface area contributed by atoms with E-state index in [-0.39, 0.29) is 13.2 Å². The van der Waals surface area contributed by atoms with Crippen LogP contribution in [0.15, 0.2) is 0 Å². The molecule has 0 unspecified atom stereocenters. The highest BCUT2D eigenvalue weighted by molar-refractivity contribution is 4.89. The maximum atomic E-state index is 9.28. The normalized spacial score (nSPS) is 19.9. The summed E-state index contributed by atoms with van der Waals surface area (Å²) in [5, 5.41) is 22.0. The second-order valence-electron chi connectivity index (χ2n) is 4.43. The van der Waals surface area contributed by atoms with E-state index in [4.69, 9.17) is 0 Å². The largest absolute Gasteiger partial charge is 0.394 e. The number of rotatable bonds is 5. The molecule has 0 radical (unpaired) electrons. The molecule has 1 aliphatic rings. The van der Waals surface area contributed by atoms with E-state index in [1.807, 2.05) is 6.92 Å². The summed E-state index contributed by atoms with van der Waals surface area (Å²) in [6, 6.07) is 0.489. The molecule has 0 saturated heterocycles. The zero-order valence-electron chi connectivity index (χ0n) is 9.13. The Morgan fingerprint density at radius 3 is 2.14 bits per heavy atom. The van der Waals surface area contributed by atoms with Crippen LogP contribution in [0, 0.1) is 0 Å². The molecule has 0 atom stereocenters. The summed E-state index contributed by atoms with van der Waals surface area (Å²) < 4.78 is 0. The molecular formula is C11H23NO2. The fourth-order valence-electron chi connectivity index (χ4n) is 2.15. The summed E-state index contributed by atoms with van der Waals surface area (Å²) in [4.78, 5) is 0. The van der Waals surface area contributed by atoms with Crippen molar-refractivity contribution in [2.24, 2.45) is 0 Å². The lowest BCUT2D eigenvalue weighted by Crippen LogP contribution is -2.55. The van der Waals surface area contributed by atoms with Gasteiger partial charge in [-0.25, -0.2) is 0 Å². The summed E-state index contributed by atoms with van der Waals surface area (Å²) in [5.74, 6) is 0. The molecular weight excluding hydrogens is 178 g/mol. The van der Waals surface area contributed by atoms with Crippen molar-refractivity contribution in [1.29, 1.82) is 0 Å². The van der Waals surface area contributed by atoms with Gasteiger partial charge in [0.2, 0.25) is 0 Å². The average Bonchev–Trinajstić information content (AvgIpc) is 2.28. The molecule has 14 heavy (non-hydrogen) atoms. The predicted octanol–water partition coefficient (Wildman–Crippen LogP) is 1.04. The lowest BCUT2D eigenvalue weighted by Gasteiger charge is -2.36. The molecule has 84 valence electrons. The molecule has 0 aromatic rings. The van der Waals surface area contributed by atoms with Crippen molar-refractivity contribution in [2.45, 2.75) is 57.0 Å². The molecule has 0 heterocycles. The monoisotopic (exact) mass is 201 g/mol. The van der Waals surface area contributed by atoms with Crippen LogP contribution in [-0.2, 0) is 0 Å². The molecule has 0 aromatic carbocycles. The van der Waals surface area contributed by atoms with Crippen molar-refractivity contribution in [3.05, 3.63) is 0 Å². The fourth-order valence-corrected chi connectivity index (χ4v) is 2.15. The van der Waals surface area contributed by atoms with Gasteiger partial charge in [-0.2, -0.15) is 0 Å². The third kappa shape index (κ3) is 2.94. The number of hydrogen-bond donors (Lipinski definition) is 3. The van der Waals surface area contributed by atoms with Crippen LogP contribution in [0.25, 0.3) is 0 Å². The standard InChI is InChI=1S/C11H23NO2/c1-2-11(8-13,9-14)12-10-6-4-3-5-7-10/h10,12-14H,2-9H2,1H3. The van der Waals surface area contributed by atoms with E-state index in [0.29, 0.717) is 6.04 Å². The van der Waals surface area contributed by atoms with E-state index >= 15 is 0 Å². The molecule has 1 aliphatic carbocycles. The smallest absolute Gasteiger partial charge is 0.0647 e. The van der Waals surface area contributed by atoms with E-state index in [0.717, 1.165) is 6.42 Å². The number of nitrogens with one attached hydrogen (secondary N) is 1. The summed E-state index contributed by atoms with van der Waals surface area (Å²) in [6.07, 6.45) is 7.01. The van der Waals surface area contributed by atoms with Gasteiger partial charge < -0.3 is 15.5 Å². The van der Waals surface area contributed by atoms with Gasteiger partial charge in [-0.15, -0.1) is 0 Å². The number of aliphatic hydroxyl groups is 2. The molecule has 1 saturated carbocycles. The molecule has 0 aliphatic heterocycles. The van der Waals surface area contributed by atoms with Crippen molar-refractivity contribution in [1.82, 2.24) is 5.32 Å². The minimum absolute atomic E-state index is 0.0243. The summed E-state index contributed by atoms with van der Waals surface area (Å²) >= 11 is 0. The van der Waals surface area contributed by atoms with Crippen LogP contribution in [0.2, 0.25) is 0 Å². The molecule has 3 N–H and O–H groups in total. The highest BCUT2D eigenvalue weighted by atomic mass is 16.3. The third-order valence-corrected chi connectivity index (χ3v) is 3.40. The van der Waals surface area contributed by atoms with Gasteiger partial charge in [0.25, 0.3) is 0 Å². The Kier molecular flexibility index (Phi) is 4.85. The molecule has 1 rings (SSSR count). The van der Waals surface area contributed by atoms with Crippen LogP contribution in [0.3, 0.4) is 0 Å². The highest BCUT2D eigenvalue weighted by Crippen LogP contribution is 2.21. The molecule has 0 spiro atoms. The molecule has 3 heteroatoms. The topological polar surface area (TPSA) is 52.5 Å². The SMILES string of the molecule is CCC(CO)(CO)NC1CCCCC1. The van der Waals surface area contributed by atoms with Crippen LogP contribution < -0.4 is 5.32 Å². The van der Waals surface area contributed by atoms with Crippen molar-refractivity contribution in [3.8, 4) is 0 Å². The van der Waals surface area contributed by atoms with E-state index in [9.17, 15) is 10.2 Å². The lowest BCUT2D eigenvalue weighted by molar-refractivity contribution is 0.0724. The Morgan fingerprint density at radius 1 is 1.14 bits per heavy atom. The van der Waals surface area contributed by atoms with E-state index < -0.39 is 5.54 Å². The number of hydrogen-bond acceptors (Lipinski definition) is 3. The maximum Gasteiger partial charge on any atom is 0.0647 e. The van der Waals surface area contributed by atoms with Crippen LogP contribution in [0.1, 0.15) is 45.4 Å². The molecule has 1 fully saturated rings. The minimum atomic E-state index is -0.456.